The van der Waals surface area contributed by atoms with Crippen molar-refractivity contribution >= 4 is 11.8 Å². The molecule has 0 aliphatic carbocycles. The molecule has 1 saturated heterocycles. The number of carbonyl (C=O) groups excluding carboxylic acids is 2. The molecule has 0 unspecified atom stereocenters. The van der Waals surface area contributed by atoms with Crippen LogP contribution in [0, 0.1) is 6.92 Å². The Kier molecular flexibility index (Phi) is 5.60. The first-order chi connectivity index (χ1) is 10.2. The maximum atomic E-state index is 11.7. The van der Waals surface area contributed by atoms with Crippen LogP contribution in [0.25, 0.3) is 0 Å². The van der Waals surface area contributed by atoms with E-state index in [1.165, 1.54) is 0 Å². The molecule has 2 rings (SSSR count). The summed E-state index contributed by atoms with van der Waals surface area (Å²) < 4.78 is 5.47. The van der Waals surface area contributed by atoms with Gasteiger partial charge in [-0.3, -0.25) is 9.59 Å². The predicted octanol–water partition coefficient (Wildman–Crippen LogP) is 1.50. The quantitative estimate of drug-likeness (QED) is 0.774. The second-order valence-electron chi connectivity index (χ2n) is 5.24. The summed E-state index contributed by atoms with van der Waals surface area (Å²) in [6, 6.07) is 7.61. The number of carbonyl (C=O) groups is 2. The Morgan fingerprint density at radius 1 is 1.38 bits per heavy atom. The molecule has 2 amide bonds. The third-order valence-corrected chi connectivity index (χ3v) is 3.55. The fraction of sp³-hybridized carbons (Fsp3) is 0.500. The second kappa shape index (κ2) is 7.67. The van der Waals surface area contributed by atoms with Gasteiger partial charge in [-0.25, -0.2) is 0 Å². The van der Waals surface area contributed by atoms with Gasteiger partial charge >= 0.3 is 0 Å². The van der Waals surface area contributed by atoms with Crippen molar-refractivity contribution in [3.8, 4) is 5.75 Å². The molecule has 0 saturated carbocycles. The van der Waals surface area contributed by atoms with Crippen molar-refractivity contribution in [1.82, 2.24) is 10.2 Å². The lowest BCUT2D eigenvalue weighted by Crippen LogP contribution is -2.33. The lowest BCUT2D eigenvalue weighted by molar-refractivity contribution is -0.127. The molecule has 0 atom stereocenters. The molecule has 114 valence electrons. The van der Waals surface area contributed by atoms with Gasteiger partial charge in [-0.1, -0.05) is 18.2 Å². The number of hydrogen-bond acceptors (Lipinski definition) is 3. The molecule has 1 N–H and O–H groups in total. The summed E-state index contributed by atoms with van der Waals surface area (Å²) in [5.74, 6) is 0.825. The van der Waals surface area contributed by atoms with E-state index < -0.39 is 0 Å². The third-order valence-electron chi connectivity index (χ3n) is 3.55. The smallest absolute Gasteiger partial charge is 0.257 e. The molecule has 1 heterocycles. The van der Waals surface area contributed by atoms with Crippen LogP contribution in [0.1, 0.15) is 24.8 Å². The maximum absolute atomic E-state index is 11.7. The van der Waals surface area contributed by atoms with Crippen LogP contribution < -0.4 is 10.1 Å². The maximum Gasteiger partial charge on any atom is 0.257 e. The van der Waals surface area contributed by atoms with Crippen molar-refractivity contribution in [2.75, 3.05) is 26.2 Å². The Labute approximate surface area is 125 Å². The van der Waals surface area contributed by atoms with Gasteiger partial charge in [0.2, 0.25) is 5.91 Å². The summed E-state index contributed by atoms with van der Waals surface area (Å²) in [5.41, 5.74) is 1.01. The summed E-state index contributed by atoms with van der Waals surface area (Å²) in [6.45, 7) is 4.11. The first kappa shape index (κ1) is 15.4. The van der Waals surface area contributed by atoms with Gasteiger partial charge in [-0.15, -0.1) is 0 Å². The standard InChI is InChI=1S/C16H22N2O3/c1-13-6-2-3-7-14(13)21-12-15(19)17-9-5-11-18-10-4-8-16(18)20/h2-3,6-7H,4-5,8-12H2,1H3,(H,17,19). The minimum absolute atomic E-state index is 0.0213. The number of likely N-dealkylation sites (tertiary alicyclic amines) is 1. The van der Waals surface area contributed by atoms with E-state index >= 15 is 0 Å². The first-order valence-electron chi connectivity index (χ1n) is 7.40. The van der Waals surface area contributed by atoms with Crippen molar-refractivity contribution in [3.05, 3.63) is 29.8 Å². The van der Waals surface area contributed by atoms with Gasteiger partial charge in [0.25, 0.3) is 5.91 Å². The highest BCUT2D eigenvalue weighted by Gasteiger charge is 2.18. The van der Waals surface area contributed by atoms with Gasteiger partial charge < -0.3 is 15.0 Å². The average molecular weight is 290 g/mol. The minimum Gasteiger partial charge on any atom is -0.484 e. The monoisotopic (exact) mass is 290 g/mol. The highest BCUT2D eigenvalue weighted by atomic mass is 16.5. The van der Waals surface area contributed by atoms with Gasteiger partial charge in [0, 0.05) is 26.1 Å². The molecule has 5 nitrogen and oxygen atoms in total. The lowest BCUT2D eigenvalue weighted by Gasteiger charge is -2.15. The van der Waals surface area contributed by atoms with E-state index in [1.807, 2.05) is 36.1 Å². The Morgan fingerprint density at radius 3 is 2.90 bits per heavy atom. The summed E-state index contributed by atoms with van der Waals surface area (Å²) >= 11 is 0. The Morgan fingerprint density at radius 2 is 2.19 bits per heavy atom. The number of amides is 2. The van der Waals surface area contributed by atoms with Gasteiger partial charge in [0.15, 0.2) is 6.61 Å². The molecule has 1 aromatic carbocycles. The first-order valence-corrected chi connectivity index (χ1v) is 7.40. The molecule has 0 radical (unpaired) electrons. The molecule has 1 aliphatic heterocycles. The molecule has 1 aromatic rings. The van der Waals surface area contributed by atoms with Gasteiger partial charge in [-0.2, -0.15) is 0 Å². The topological polar surface area (TPSA) is 58.6 Å². The van der Waals surface area contributed by atoms with Crippen molar-refractivity contribution in [2.45, 2.75) is 26.2 Å². The fourth-order valence-corrected chi connectivity index (χ4v) is 2.35. The van der Waals surface area contributed by atoms with Crippen molar-refractivity contribution in [1.29, 1.82) is 0 Å². The number of ether oxygens (including phenoxy) is 1. The normalized spacial score (nSPS) is 14.3. The zero-order valence-electron chi connectivity index (χ0n) is 12.4. The van der Waals surface area contributed by atoms with Crippen LogP contribution in [-0.2, 0) is 9.59 Å². The van der Waals surface area contributed by atoms with Crippen LogP contribution in [-0.4, -0.2) is 43.0 Å². The van der Waals surface area contributed by atoms with Crippen LogP contribution in [0.5, 0.6) is 5.75 Å². The summed E-state index contributed by atoms with van der Waals surface area (Å²) in [5, 5.41) is 2.81. The average Bonchev–Trinajstić information content (AvgIpc) is 2.88. The van der Waals surface area contributed by atoms with E-state index in [-0.39, 0.29) is 18.4 Å². The largest absolute Gasteiger partial charge is 0.484 e. The molecule has 5 heteroatoms. The highest BCUT2D eigenvalue weighted by molar-refractivity contribution is 5.78. The van der Waals surface area contributed by atoms with Crippen LogP contribution in [0.4, 0.5) is 0 Å². The van der Waals surface area contributed by atoms with E-state index in [0.29, 0.717) is 13.0 Å². The summed E-state index contributed by atoms with van der Waals surface area (Å²) in [4.78, 5) is 24.9. The summed E-state index contributed by atoms with van der Waals surface area (Å²) in [6.07, 6.45) is 2.40. The number of nitrogens with zero attached hydrogens (tertiary/aromatic N) is 1. The molecule has 0 aromatic heterocycles. The molecule has 21 heavy (non-hydrogen) atoms. The van der Waals surface area contributed by atoms with Crippen LogP contribution in [0.3, 0.4) is 0 Å². The number of aryl methyl sites for hydroxylation is 1. The Hall–Kier alpha value is -2.04. The molecule has 0 bridgehead atoms. The fourth-order valence-electron chi connectivity index (χ4n) is 2.35. The van der Waals surface area contributed by atoms with Crippen molar-refractivity contribution < 1.29 is 14.3 Å². The zero-order valence-corrected chi connectivity index (χ0v) is 12.4. The number of hydrogen-bond donors (Lipinski definition) is 1. The van der Waals surface area contributed by atoms with Gasteiger partial charge in [-0.05, 0) is 31.4 Å². The van der Waals surface area contributed by atoms with Crippen molar-refractivity contribution in [2.24, 2.45) is 0 Å². The Bertz CT molecular complexity index is 502. The second-order valence-corrected chi connectivity index (χ2v) is 5.24. The molecule has 1 aliphatic rings. The van der Waals surface area contributed by atoms with E-state index in [9.17, 15) is 9.59 Å². The van der Waals surface area contributed by atoms with Crippen LogP contribution in [0.2, 0.25) is 0 Å². The lowest BCUT2D eigenvalue weighted by atomic mass is 10.2. The number of nitrogens with one attached hydrogen (secondary N) is 1. The molecular weight excluding hydrogens is 268 g/mol. The van der Waals surface area contributed by atoms with Crippen LogP contribution in [0.15, 0.2) is 24.3 Å². The third kappa shape index (κ3) is 4.77. The number of para-hydroxylation sites is 1. The Balaban J connectivity index is 1.59. The van der Waals surface area contributed by atoms with E-state index in [0.717, 1.165) is 37.2 Å². The van der Waals surface area contributed by atoms with E-state index in [1.54, 1.807) is 0 Å². The highest BCUT2D eigenvalue weighted by Crippen LogP contribution is 2.15. The van der Waals surface area contributed by atoms with Crippen molar-refractivity contribution in [3.63, 3.8) is 0 Å². The van der Waals surface area contributed by atoms with Gasteiger partial charge in [0.05, 0.1) is 0 Å². The molecular formula is C16H22N2O3. The predicted molar refractivity (Wildman–Crippen MR) is 80.1 cm³/mol. The SMILES string of the molecule is Cc1ccccc1OCC(=O)NCCCN1CCCC1=O. The van der Waals surface area contributed by atoms with E-state index in [4.69, 9.17) is 4.74 Å². The molecule has 0 spiro atoms. The molecule has 1 fully saturated rings. The van der Waals surface area contributed by atoms with Gasteiger partial charge in [0.1, 0.15) is 5.75 Å². The van der Waals surface area contributed by atoms with E-state index in [2.05, 4.69) is 5.32 Å². The summed E-state index contributed by atoms with van der Waals surface area (Å²) in [7, 11) is 0. The number of benzene rings is 1. The van der Waals surface area contributed by atoms with Crippen LogP contribution >= 0.6 is 0 Å². The zero-order chi connectivity index (χ0) is 15.1. The minimum atomic E-state index is -0.133. The number of rotatable bonds is 7.